The van der Waals surface area contributed by atoms with Crippen molar-refractivity contribution >= 4 is 12.2 Å². The van der Waals surface area contributed by atoms with Gasteiger partial charge in [-0.25, -0.2) is 9.59 Å². The maximum absolute atomic E-state index is 9.88. The molecule has 12 heavy (non-hydrogen) atoms. The Morgan fingerprint density at radius 1 is 1.42 bits per heavy atom. The number of hydrogen-bond acceptors (Lipinski definition) is 4. The molecule has 0 N–H and O–H groups in total. The minimum Gasteiger partial charge on any atom is -0.211 e. The van der Waals surface area contributed by atoms with Gasteiger partial charge < -0.3 is 0 Å². The smallest absolute Gasteiger partial charge is 0.211 e. The van der Waals surface area contributed by atoms with E-state index in [0.717, 1.165) is 0 Å². The van der Waals surface area contributed by atoms with Crippen molar-refractivity contribution in [2.45, 2.75) is 12.5 Å². The number of rotatable bonds is 2. The number of hydrogen-bond donors (Lipinski definition) is 0. The average Bonchev–Trinajstić information content (AvgIpc) is 2.06. The standard InChI is InChI=1S/C8H6N2O2/c11-5-9-7-2-1-3-8(4-7)10-6-12/h1-2,4,8H,3H2. The number of nitrogens with zero attached hydrogens (tertiary/aromatic N) is 2. The summed E-state index contributed by atoms with van der Waals surface area (Å²) in [6.07, 6.45) is 8.61. The molecular weight excluding hydrogens is 156 g/mol. The third-order valence-corrected chi connectivity index (χ3v) is 1.42. The molecule has 4 heteroatoms. The molecule has 0 aromatic heterocycles. The molecule has 0 bridgehead atoms. The molecule has 0 radical (unpaired) electrons. The molecule has 60 valence electrons. The summed E-state index contributed by atoms with van der Waals surface area (Å²) in [4.78, 5) is 26.6. The van der Waals surface area contributed by atoms with Crippen molar-refractivity contribution in [3.05, 3.63) is 23.9 Å². The summed E-state index contributed by atoms with van der Waals surface area (Å²) < 4.78 is 0. The Hall–Kier alpha value is -1.76. The fraction of sp³-hybridized carbons (Fsp3) is 0.250. The van der Waals surface area contributed by atoms with Gasteiger partial charge in [-0.15, -0.1) is 0 Å². The third kappa shape index (κ3) is 2.13. The normalized spacial score (nSPS) is 20.3. The van der Waals surface area contributed by atoms with Crippen LogP contribution >= 0.6 is 0 Å². The topological polar surface area (TPSA) is 58.9 Å². The number of allylic oxidation sites excluding steroid dienone is 1. The van der Waals surface area contributed by atoms with Crippen LogP contribution in [-0.4, -0.2) is 18.2 Å². The Kier molecular flexibility index (Phi) is 2.91. The molecule has 0 amide bonds. The Balaban J connectivity index is 2.81. The van der Waals surface area contributed by atoms with Gasteiger partial charge >= 0.3 is 0 Å². The summed E-state index contributed by atoms with van der Waals surface area (Å²) in [7, 11) is 0. The van der Waals surface area contributed by atoms with Gasteiger partial charge in [0.1, 0.15) is 0 Å². The van der Waals surface area contributed by atoms with Gasteiger partial charge in [-0.3, -0.25) is 0 Å². The maximum atomic E-state index is 9.88. The van der Waals surface area contributed by atoms with Crippen molar-refractivity contribution in [3.8, 4) is 0 Å². The lowest BCUT2D eigenvalue weighted by Gasteiger charge is -2.06. The van der Waals surface area contributed by atoms with E-state index in [4.69, 9.17) is 0 Å². The zero-order valence-corrected chi connectivity index (χ0v) is 6.23. The van der Waals surface area contributed by atoms with Gasteiger partial charge in [0.15, 0.2) is 0 Å². The molecule has 0 saturated carbocycles. The Morgan fingerprint density at radius 2 is 2.25 bits per heavy atom. The van der Waals surface area contributed by atoms with E-state index in [1.54, 1.807) is 18.2 Å². The van der Waals surface area contributed by atoms with Crippen molar-refractivity contribution in [2.75, 3.05) is 0 Å². The highest BCUT2D eigenvalue weighted by Gasteiger charge is 2.06. The zero-order valence-electron chi connectivity index (χ0n) is 6.23. The first-order valence-corrected chi connectivity index (χ1v) is 3.40. The van der Waals surface area contributed by atoms with Gasteiger partial charge in [-0.05, 0) is 18.6 Å². The first kappa shape index (κ1) is 8.34. The van der Waals surface area contributed by atoms with E-state index in [-0.39, 0.29) is 6.04 Å². The predicted molar refractivity (Wildman–Crippen MR) is 41.9 cm³/mol. The van der Waals surface area contributed by atoms with Crippen LogP contribution in [0.15, 0.2) is 33.9 Å². The predicted octanol–water partition coefficient (Wildman–Crippen LogP) is 0.870. The molecule has 1 atom stereocenters. The van der Waals surface area contributed by atoms with Crippen LogP contribution in [0.2, 0.25) is 0 Å². The van der Waals surface area contributed by atoms with Gasteiger partial charge in [0.25, 0.3) is 0 Å². The molecule has 0 spiro atoms. The van der Waals surface area contributed by atoms with Crippen molar-refractivity contribution in [1.29, 1.82) is 0 Å². The molecule has 1 unspecified atom stereocenters. The molecule has 1 aliphatic carbocycles. The van der Waals surface area contributed by atoms with E-state index in [9.17, 15) is 9.59 Å². The first-order valence-electron chi connectivity index (χ1n) is 3.40. The van der Waals surface area contributed by atoms with Crippen LogP contribution in [0.4, 0.5) is 0 Å². The van der Waals surface area contributed by atoms with Crippen LogP contribution < -0.4 is 0 Å². The lowest BCUT2D eigenvalue weighted by molar-refractivity contribution is 0.560. The van der Waals surface area contributed by atoms with E-state index in [1.165, 1.54) is 12.2 Å². The Bertz CT molecular complexity index is 318. The van der Waals surface area contributed by atoms with Crippen LogP contribution in [0.25, 0.3) is 0 Å². The summed E-state index contributed by atoms with van der Waals surface area (Å²) in [5.41, 5.74) is 0.486. The second-order valence-electron chi connectivity index (χ2n) is 2.22. The van der Waals surface area contributed by atoms with Gasteiger partial charge in [0, 0.05) is 0 Å². The third-order valence-electron chi connectivity index (χ3n) is 1.42. The summed E-state index contributed by atoms with van der Waals surface area (Å²) >= 11 is 0. The second kappa shape index (κ2) is 4.19. The highest BCUT2D eigenvalue weighted by atomic mass is 16.1. The summed E-state index contributed by atoms with van der Waals surface area (Å²) in [5, 5.41) is 0. The fourth-order valence-electron chi connectivity index (χ4n) is 0.934. The SMILES string of the molecule is O=C=NC1=CC(N=C=O)CC=C1. The molecular formula is C8H6N2O2. The summed E-state index contributed by atoms with van der Waals surface area (Å²) in [6, 6.07) is -0.236. The maximum Gasteiger partial charge on any atom is 0.240 e. The fourth-order valence-corrected chi connectivity index (χ4v) is 0.934. The van der Waals surface area contributed by atoms with Gasteiger partial charge in [0.05, 0.1) is 11.7 Å². The van der Waals surface area contributed by atoms with E-state index in [1.807, 2.05) is 0 Å². The van der Waals surface area contributed by atoms with Gasteiger partial charge in [0.2, 0.25) is 12.2 Å². The summed E-state index contributed by atoms with van der Waals surface area (Å²) in [5.74, 6) is 0. The van der Waals surface area contributed by atoms with Crippen LogP contribution in [0.3, 0.4) is 0 Å². The first-order chi connectivity index (χ1) is 5.86. The Labute approximate surface area is 69.0 Å². The molecule has 0 aliphatic heterocycles. The quantitative estimate of drug-likeness (QED) is 0.446. The summed E-state index contributed by atoms with van der Waals surface area (Å²) in [6.45, 7) is 0. The second-order valence-corrected chi connectivity index (χ2v) is 2.22. The number of carbonyl (C=O) groups excluding carboxylic acids is 2. The molecule has 0 heterocycles. The van der Waals surface area contributed by atoms with Crippen molar-refractivity contribution in [2.24, 2.45) is 9.98 Å². The molecule has 1 aliphatic rings. The average molecular weight is 162 g/mol. The minimum absolute atomic E-state index is 0.236. The minimum atomic E-state index is -0.236. The van der Waals surface area contributed by atoms with Crippen LogP contribution in [0.1, 0.15) is 6.42 Å². The Morgan fingerprint density at radius 3 is 2.92 bits per heavy atom. The molecule has 4 nitrogen and oxygen atoms in total. The molecule has 0 aromatic carbocycles. The van der Waals surface area contributed by atoms with E-state index >= 15 is 0 Å². The largest absolute Gasteiger partial charge is 0.240 e. The van der Waals surface area contributed by atoms with E-state index in [2.05, 4.69) is 9.98 Å². The van der Waals surface area contributed by atoms with E-state index in [0.29, 0.717) is 12.1 Å². The number of isocyanates is 2. The zero-order chi connectivity index (χ0) is 8.81. The lowest BCUT2D eigenvalue weighted by Crippen LogP contribution is -2.02. The van der Waals surface area contributed by atoms with Crippen LogP contribution in [0.5, 0.6) is 0 Å². The van der Waals surface area contributed by atoms with Crippen LogP contribution in [-0.2, 0) is 9.59 Å². The molecule has 0 saturated heterocycles. The van der Waals surface area contributed by atoms with Crippen molar-refractivity contribution < 1.29 is 9.59 Å². The molecule has 0 fully saturated rings. The lowest BCUT2D eigenvalue weighted by atomic mass is 10.1. The van der Waals surface area contributed by atoms with Crippen LogP contribution in [0, 0.1) is 0 Å². The van der Waals surface area contributed by atoms with Gasteiger partial charge in [-0.2, -0.15) is 9.98 Å². The van der Waals surface area contributed by atoms with Crippen molar-refractivity contribution in [1.82, 2.24) is 0 Å². The highest BCUT2D eigenvalue weighted by molar-refractivity contribution is 5.42. The molecule has 0 aromatic rings. The highest BCUT2D eigenvalue weighted by Crippen LogP contribution is 2.13. The van der Waals surface area contributed by atoms with Crippen molar-refractivity contribution in [3.63, 3.8) is 0 Å². The van der Waals surface area contributed by atoms with Gasteiger partial charge in [-0.1, -0.05) is 6.08 Å². The number of aliphatic imine (C=N–C) groups is 2. The van der Waals surface area contributed by atoms with E-state index < -0.39 is 0 Å². The monoisotopic (exact) mass is 162 g/mol. The molecule has 1 rings (SSSR count).